The van der Waals surface area contributed by atoms with E-state index in [4.69, 9.17) is 5.11 Å². The number of aliphatic carboxylic acids is 1. The summed E-state index contributed by atoms with van der Waals surface area (Å²) in [5, 5.41) is 19.5. The van der Waals surface area contributed by atoms with Crippen LogP contribution in [0.5, 0.6) is 0 Å². The van der Waals surface area contributed by atoms with E-state index in [-0.39, 0.29) is 48.9 Å². The number of unbranched alkanes of at least 4 members (excludes halogenated alkanes) is 1. The predicted octanol–water partition coefficient (Wildman–Crippen LogP) is 0.598. The number of hydrogen-bond donors (Lipinski definition) is 5. The molecule has 0 heterocycles. The van der Waals surface area contributed by atoms with Crippen LogP contribution in [0.3, 0.4) is 0 Å². The van der Waals surface area contributed by atoms with Gasteiger partial charge in [-0.2, -0.15) is 0 Å². The Balaban J connectivity index is 4.51. The summed E-state index contributed by atoms with van der Waals surface area (Å²) in [6.07, 6.45) is 1.94. The van der Waals surface area contributed by atoms with E-state index in [0.717, 1.165) is 0 Å². The summed E-state index contributed by atoms with van der Waals surface area (Å²) in [5.41, 5.74) is 0. The van der Waals surface area contributed by atoms with Gasteiger partial charge in [-0.15, -0.1) is 0 Å². The smallest absolute Gasteiger partial charge is 0.303 e. The molecule has 32 heavy (non-hydrogen) atoms. The molecule has 5 N–H and O–H groups in total. The molecule has 0 saturated carbocycles. The molecular formula is C22H40N4O6. The number of ketones is 1. The van der Waals surface area contributed by atoms with Crippen LogP contribution in [0.1, 0.15) is 66.2 Å². The van der Waals surface area contributed by atoms with Gasteiger partial charge >= 0.3 is 5.97 Å². The third kappa shape index (κ3) is 13.7. The van der Waals surface area contributed by atoms with E-state index in [1.54, 1.807) is 20.9 Å². The molecule has 0 aromatic carbocycles. The van der Waals surface area contributed by atoms with Gasteiger partial charge in [-0.25, -0.2) is 0 Å². The van der Waals surface area contributed by atoms with Gasteiger partial charge in [0, 0.05) is 18.9 Å². The number of likely N-dealkylation sites (N-methyl/N-ethyl adjacent to an activating group) is 1. The molecule has 0 aromatic heterocycles. The molecule has 0 unspecified atom stereocenters. The molecule has 2 atom stereocenters. The molecule has 10 nitrogen and oxygen atoms in total. The van der Waals surface area contributed by atoms with Crippen molar-refractivity contribution in [1.82, 2.24) is 21.3 Å². The Bertz CT molecular complexity index is 636. The minimum atomic E-state index is -1.02. The maximum atomic E-state index is 12.5. The first kappa shape index (κ1) is 29.5. The summed E-state index contributed by atoms with van der Waals surface area (Å²) >= 11 is 0. The van der Waals surface area contributed by atoms with E-state index in [2.05, 4.69) is 21.3 Å². The Morgan fingerprint density at radius 2 is 1.50 bits per heavy atom. The van der Waals surface area contributed by atoms with Crippen molar-refractivity contribution >= 4 is 29.5 Å². The molecule has 0 aliphatic heterocycles. The first-order chi connectivity index (χ1) is 15.0. The van der Waals surface area contributed by atoms with Gasteiger partial charge in [0.2, 0.25) is 17.7 Å². The van der Waals surface area contributed by atoms with Crippen LogP contribution in [0, 0.1) is 11.8 Å². The minimum Gasteiger partial charge on any atom is -0.481 e. The lowest BCUT2D eigenvalue weighted by Crippen LogP contribution is -2.50. The van der Waals surface area contributed by atoms with Gasteiger partial charge in [0.15, 0.2) is 5.78 Å². The summed E-state index contributed by atoms with van der Waals surface area (Å²) in [6.45, 7) is 7.69. The number of amides is 3. The van der Waals surface area contributed by atoms with Gasteiger partial charge in [-0.1, -0.05) is 27.7 Å². The molecule has 0 fully saturated rings. The maximum Gasteiger partial charge on any atom is 0.303 e. The Morgan fingerprint density at radius 1 is 0.844 bits per heavy atom. The minimum absolute atomic E-state index is 0.0723. The van der Waals surface area contributed by atoms with Crippen molar-refractivity contribution in [2.75, 3.05) is 20.1 Å². The van der Waals surface area contributed by atoms with Crippen molar-refractivity contribution in [3.63, 3.8) is 0 Å². The summed E-state index contributed by atoms with van der Waals surface area (Å²) in [6, 6.07) is -1.06. The van der Waals surface area contributed by atoms with Crippen molar-refractivity contribution in [2.45, 2.75) is 78.3 Å². The Morgan fingerprint density at radius 3 is 2.03 bits per heavy atom. The normalized spacial score (nSPS) is 12.8. The Kier molecular flexibility index (Phi) is 14.9. The van der Waals surface area contributed by atoms with Gasteiger partial charge in [0.1, 0.15) is 0 Å². The van der Waals surface area contributed by atoms with Gasteiger partial charge in [0.05, 0.1) is 25.0 Å². The summed E-state index contributed by atoms with van der Waals surface area (Å²) < 4.78 is 0. The standard InChI is InChI=1S/C22H40N4O6/c1-14(2)12-17(23-5)22(32)25-13-19(28)26-16(21(31)15(3)4)8-6-7-11-24-18(27)9-10-20(29)30/h14-17,23H,6-13H2,1-5H3,(H,24,27)(H,25,32)(H,26,28)(H,29,30)/t16-,17-/m0/s1. The lowest BCUT2D eigenvalue weighted by Gasteiger charge is -2.21. The van der Waals surface area contributed by atoms with Crippen LogP contribution in [0.15, 0.2) is 0 Å². The zero-order valence-corrected chi connectivity index (χ0v) is 20.0. The fraction of sp³-hybridized carbons (Fsp3) is 0.773. The highest BCUT2D eigenvalue weighted by Gasteiger charge is 2.24. The van der Waals surface area contributed by atoms with Crippen LogP contribution in [-0.4, -0.2) is 66.8 Å². The average Bonchev–Trinajstić information content (AvgIpc) is 2.72. The molecule has 0 aromatic rings. The van der Waals surface area contributed by atoms with Crippen LogP contribution in [0.25, 0.3) is 0 Å². The molecular weight excluding hydrogens is 416 g/mol. The van der Waals surface area contributed by atoms with Crippen molar-refractivity contribution in [1.29, 1.82) is 0 Å². The van der Waals surface area contributed by atoms with Crippen LogP contribution in [0.4, 0.5) is 0 Å². The number of rotatable bonds is 17. The molecule has 0 aliphatic rings. The SMILES string of the molecule is CN[C@@H](CC(C)C)C(=O)NCC(=O)N[C@@H](CCCCNC(=O)CCC(=O)O)C(=O)C(C)C. The molecule has 184 valence electrons. The molecule has 0 saturated heterocycles. The fourth-order valence-corrected chi connectivity index (χ4v) is 3.06. The Labute approximate surface area is 190 Å². The summed E-state index contributed by atoms with van der Waals surface area (Å²) in [7, 11) is 1.69. The van der Waals surface area contributed by atoms with Crippen LogP contribution in [-0.2, 0) is 24.0 Å². The van der Waals surface area contributed by atoms with Crippen molar-refractivity contribution in [3.05, 3.63) is 0 Å². The van der Waals surface area contributed by atoms with E-state index in [1.807, 2.05) is 13.8 Å². The number of carbonyl (C=O) groups excluding carboxylic acids is 4. The van der Waals surface area contributed by atoms with E-state index in [1.165, 1.54) is 0 Å². The lowest BCUT2D eigenvalue weighted by atomic mass is 9.97. The topological polar surface area (TPSA) is 154 Å². The maximum absolute atomic E-state index is 12.5. The van der Waals surface area contributed by atoms with Crippen molar-refractivity contribution in [3.8, 4) is 0 Å². The quantitative estimate of drug-likeness (QED) is 0.201. The number of Topliss-reactive ketones (excluding diaryl/α,β-unsaturated/α-hetero) is 1. The van der Waals surface area contributed by atoms with Gasteiger partial charge in [-0.05, 0) is 38.6 Å². The van der Waals surface area contributed by atoms with Crippen molar-refractivity contribution in [2.24, 2.45) is 11.8 Å². The highest BCUT2D eigenvalue weighted by Crippen LogP contribution is 2.08. The number of carboxylic acid groups (broad SMARTS) is 1. The summed E-state index contributed by atoms with van der Waals surface area (Å²) in [5.74, 6) is -2.08. The molecule has 0 bridgehead atoms. The second-order valence-corrected chi connectivity index (χ2v) is 8.61. The van der Waals surface area contributed by atoms with Crippen molar-refractivity contribution < 1.29 is 29.1 Å². The molecule has 0 spiro atoms. The second kappa shape index (κ2) is 16.2. The average molecular weight is 457 g/mol. The number of nitrogens with one attached hydrogen (secondary N) is 4. The molecule has 3 amide bonds. The van der Waals surface area contributed by atoms with E-state index < -0.39 is 17.9 Å². The second-order valence-electron chi connectivity index (χ2n) is 8.61. The highest BCUT2D eigenvalue weighted by atomic mass is 16.4. The molecule has 0 rings (SSSR count). The van der Waals surface area contributed by atoms with Crippen LogP contribution >= 0.6 is 0 Å². The van der Waals surface area contributed by atoms with E-state index >= 15 is 0 Å². The number of hydrogen-bond acceptors (Lipinski definition) is 6. The molecule has 0 radical (unpaired) electrons. The third-order valence-electron chi connectivity index (χ3n) is 4.85. The van der Waals surface area contributed by atoms with Crippen LogP contribution < -0.4 is 21.3 Å². The monoisotopic (exact) mass is 456 g/mol. The predicted molar refractivity (Wildman–Crippen MR) is 121 cm³/mol. The Hall–Kier alpha value is -2.49. The zero-order valence-electron chi connectivity index (χ0n) is 20.0. The summed E-state index contributed by atoms with van der Waals surface area (Å²) in [4.78, 5) is 59.0. The van der Waals surface area contributed by atoms with Crippen LogP contribution in [0.2, 0.25) is 0 Å². The number of carboxylic acids is 1. The van der Waals surface area contributed by atoms with Gasteiger partial charge in [0.25, 0.3) is 0 Å². The molecule has 10 heteroatoms. The van der Waals surface area contributed by atoms with Gasteiger partial charge in [-0.3, -0.25) is 24.0 Å². The van der Waals surface area contributed by atoms with E-state index in [9.17, 15) is 24.0 Å². The first-order valence-electron chi connectivity index (χ1n) is 11.2. The first-order valence-corrected chi connectivity index (χ1v) is 11.2. The van der Waals surface area contributed by atoms with Gasteiger partial charge < -0.3 is 26.4 Å². The van der Waals surface area contributed by atoms with E-state index in [0.29, 0.717) is 38.1 Å². The highest BCUT2D eigenvalue weighted by molar-refractivity contribution is 5.92. The number of carbonyl (C=O) groups is 5. The largest absolute Gasteiger partial charge is 0.481 e. The fourth-order valence-electron chi connectivity index (χ4n) is 3.06. The third-order valence-corrected chi connectivity index (χ3v) is 4.85. The molecule has 0 aliphatic carbocycles. The zero-order chi connectivity index (χ0) is 24.7. The lowest BCUT2D eigenvalue weighted by molar-refractivity contribution is -0.138.